The Kier molecular flexibility index (Phi) is 13.4. The molecule has 14 heteroatoms. The zero-order valence-electron chi connectivity index (χ0n) is 21.9. The fourth-order valence-corrected chi connectivity index (χ4v) is 3.59. The number of rotatable bonds is 17. The van der Waals surface area contributed by atoms with Crippen LogP contribution in [0.25, 0.3) is 0 Å². The van der Waals surface area contributed by atoms with E-state index in [1.165, 1.54) is 12.1 Å². The lowest BCUT2D eigenvalue weighted by atomic mass is 10.0. The Morgan fingerprint density at radius 2 is 1.31 bits per heavy atom. The maximum Gasteiger partial charge on any atom is 0.326 e. The van der Waals surface area contributed by atoms with Crippen LogP contribution in [0, 0.1) is 5.92 Å². The summed E-state index contributed by atoms with van der Waals surface area (Å²) in [7, 11) is 0. The number of carbonyl (C=O) groups is 6. The lowest BCUT2D eigenvalue weighted by Crippen LogP contribution is -2.57. The third-order valence-electron chi connectivity index (χ3n) is 5.64. The van der Waals surface area contributed by atoms with E-state index in [0.29, 0.717) is 5.56 Å². The topological polar surface area (TPSA) is 251 Å². The third-order valence-corrected chi connectivity index (χ3v) is 5.64. The molecule has 0 heterocycles. The van der Waals surface area contributed by atoms with E-state index < -0.39 is 66.2 Å². The lowest BCUT2D eigenvalue weighted by molar-refractivity contribution is -0.143. The van der Waals surface area contributed by atoms with Gasteiger partial charge >= 0.3 is 11.9 Å². The van der Waals surface area contributed by atoms with E-state index >= 15 is 0 Å². The summed E-state index contributed by atoms with van der Waals surface area (Å²) in [5.74, 6) is -5.87. The Labute approximate surface area is 225 Å². The number of carboxylic acid groups (broad SMARTS) is 2. The number of phenols is 1. The van der Waals surface area contributed by atoms with Gasteiger partial charge in [-0.3, -0.25) is 24.0 Å². The van der Waals surface area contributed by atoms with Crippen molar-refractivity contribution >= 4 is 35.6 Å². The van der Waals surface area contributed by atoms with Gasteiger partial charge in [0.2, 0.25) is 23.6 Å². The van der Waals surface area contributed by atoms with E-state index in [2.05, 4.69) is 16.0 Å². The van der Waals surface area contributed by atoms with E-state index in [1.54, 1.807) is 26.0 Å². The van der Waals surface area contributed by atoms with E-state index in [1.807, 2.05) is 0 Å². The van der Waals surface area contributed by atoms with Gasteiger partial charge in [-0.1, -0.05) is 26.0 Å². The average molecular weight is 552 g/mol. The number of hydrogen-bond donors (Lipinski definition) is 8. The summed E-state index contributed by atoms with van der Waals surface area (Å²) in [6.07, 6.45) is -1.13. The molecule has 0 aliphatic heterocycles. The molecule has 0 spiro atoms. The predicted octanol–water partition coefficient (Wildman–Crippen LogP) is -1.02. The van der Waals surface area contributed by atoms with Crippen molar-refractivity contribution in [3.63, 3.8) is 0 Å². The Hall–Kier alpha value is -4.20. The molecule has 0 aromatic heterocycles. The molecule has 10 N–H and O–H groups in total. The van der Waals surface area contributed by atoms with Crippen molar-refractivity contribution < 1.29 is 44.1 Å². The predicted molar refractivity (Wildman–Crippen MR) is 138 cm³/mol. The average Bonchev–Trinajstić information content (AvgIpc) is 2.84. The first-order valence-corrected chi connectivity index (χ1v) is 12.4. The SMILES string of the molecule is CC(C)CC(NC(=O)C(CCC(N)=O)NC(=O)C(N)Cc1ccc(O)cc1)C(=O)NC(CCC(=O)O)C(=O)O. The summed E-state index contributed by atoms with van der Waals surface area (Å²) in [6, 6.07) is 0.926. The molecule has 0 fully saturated rings. The molecule has 0 aliphatic carbocycles. The van der Waals surface area contributed by atoms with Crippen LogP contribution in [-0.4, -0.2) is 75.1 Å². The van der Waals surface area contributed by atoms with Gasteiger partial charge in [-0.15, -0.1) is 0 Å². The molecule has 0 radical (unpaired) electrons. The third kappa shape index (κ3) is 12.7. The van der Waals surface area contributed by atoms with E-state index in [-0.39, 0.29) is 43.8 Å². The Morgan fingerprint density at radius 3 is 1.82 bits per heavy atom. The number of primary amides is 1. The number of carboxylic acids is 2. The van der Waals surface area contributed by atoms with Crippen LogP contribution in [0.3, 0.4) is 0 Å². The van der Waals surface area contributed by atoms with Crippen LogP contribution in [0.1, 0.15) is 51.5 Å². The fourth-order valence-electron chi connectivity index (χ4n) is 3.59. The van der Waals surface area contributed by atoms with E-state index in [4.69, 9.17) is 16.6 Å². The highest BCUT2D eigenvalue weighted by Gasteiger charge is 2.31. The number of aromatic hydroxyl groups is 1. The quantitative estimate of drug-likeness (QED) is 0.117. The first-order chi connectivity index (χ1) is 18.2. The molecule has 0 aliphatic rings. The summed E-state index contributed by atoms with van der Waals surface area (Å²) in [6.45, 7) is 3.53. The molecule has 1 aromatic rings. The molecule has 0 saturated carbocycles. The number of carbonyl (C=O) groups excluding carboxylic acids is 4. The van der Waals surface area contributed by atoms with Crippen LogP contribution in [0.4, 0.5) is 0 Å². The van der Waals surface area contributed by atoms with Crippen LogP contribution in [0.2, 0.25) is 0 Å². The van der Waals surface area contributed by atoms with Gasteiger partial charge in [0.05, 0.1) is 6.04 Å². The van der Waals surface area contributed by atoms with Gasteiger partial charge in [0, 0.05) is 12.8 Å². The van der Waals surface area contributed by atoms with Gasteiger partial charge in [0.15, 0.2) is 0 Å². The molecule has 216 valence electrons. The molecule has 4 amide bonds. The van der Waals surface area contributed by atoms with E-state index in [0.717, 1.165) is 0 Å². The number of hydrogen-bond acceptors (Lipinski definition) is 8. The Balaban J connectivity index is 3.00. The normalized spacial score (nSPS) is 13.9. The minimum absolute atomic E-state index is 0.0384. The minimum Gasteiger partial charge on any atom is -0.508 e. The minimum atomic E-state index is -1.50. The molecule has 14 nitrogen and oxygen atoms in total. The molecule has 4 atom stereocenters. The first-order valence-electron chi connectivity index (χ1n) is 12.4. The molecule has 0 bridgehead atoms. The van der Waals surface area contributed by atoms with Gasteiger partial charge in [-0.05, 0) is 49.3 Å². The van der Waals surface area contributed by atoms with Gasteiger partial charge in [-0.25, -0.2) is 4.79 Å². The molecule has 0 saturated heterocycles. The second-order valence-electron chi connectivity index (χ2n) is 9.57. The summed E-state index contributed by atoms with van der Waals surface area (Å²) in [5.41, 5.74) is 11.8. The molecule has 4 unspecified atom stereocenters. The number of benzene rings is 1. The smallest absolute Gasteiger partial charge is 0.326 e. The van der Waals surface area contributed by atoms with Crippen molar-refractivity contribution in [2.45, 2.75) is 76.5 Å². The van der Waals surface area contributed by atoms with Gasteiger partial charge in [0.25, 0.3) is 0 Å². The summed E-state index contributed by atoms with van der Waals surface area (Å²) >= 11 is 0. The van der Waals surface area contributed by atoms with E-state index in [9.17, 15) is 39.0 Å². The number of amides is 4. The number of phenolic OH excluding ortho intramolecular Hbond substituents is 1. The van der Waals surface area contributed by atoms with Gasteiger partial charge < -0.3 is 42.7 Å². The number of nitrogens with one attached hydrogen (secondary N) is 3. The lowest BCUT2D eigenvalue weighted by Gasteiger charge is -2.26. The monoisotopic (exact) mass is 551 g/mol. The highest BCUT2D eigenvalue weighted by molar-refractivity contribution is 5.94. The summed E-state index contributed by atoms with van der Waals surface area (Å²) in [4.78, 5) is 72.4. The van der Waals surface area contributed by atoms with Crippen molar-refractivity contribution in [1.82, 2.24) is 16.0 Å². The van der Waals surface area contributed by atoms with Crippen molar-refractivity contribution in [3.05, 3.63) is 29.8 Å². The van der Waals surface area contributed by atoms with Crippen LogP contribution in [-0.2, 0) is 35.2 Å². The van der Waals surface area contributed by atoms with Gasteiger partial charge in [0.1, 0.15) is 23.9 Å². The number of nitrogens with two attached hydrogens (primary N) is 2. The summed E-state index contributed by atoms with van der Waals surface area (Å²) < 4.78 is 0. The fraction of sp³-hybridized carbons (Fsp3) is 0.520. The molecular weight excluding hydrogens is 514 g/mol. The van der Waals surface area contributed by atoms with Crippen LogP contribution in [0.15, 0.2) is 24.3 Å². The molecule has 1 rings (SSSR count). The molecular formula is C25H37N5O9. The highest BCUT2D eigenvalue weighted by Crippen LogP contribution is 2.12. The highest BCUT2D eigenvalue weighted by atomic mass is 16.4. The van der Waals surface area contributed by atoms with Crippen LogP contribution >= 0.6 is 0 Å². The van der Waals surface area contributed by atoms with Gasteiger partial charge in [-0.2, -0.15) is 0 Å². The van der Waals surface area contributed by atoms with Crippen LogP contribution < -0.4 is 27.4 Å². The van der Waals surface area contributed by atoms with Crippen molar-refractivity contribution in [2.75, 3.05) is 0 Å². The summed E-state index contributed by atoms with van der Waals surface area (Å²) in [5, 5.41) is 34.8. The van der Waals surface area contributed by atoms with Crippen molar-refractivity contribution in [1.29, 1.82) is 0 Å². The zero-order valence-corrected chi connectivity index (χ0v) is 21.9. The standard InChI is InChI=1S/C25H37N5O9/c1-13(2)11-19(24(37)29-18(25(38)39)8-10-21(33)34)30-23(36)17(7-9-20(27)32)28-22(35)16(26)12-14-3-5-15(31)6-4-14/h3-6,13,16-19,31H,7-12,26H2,1-2H3,(H2,27,32)(H,28,35)(H,29,37)(H,30,36)(H,33,34)(H,38,39). The largest absolute Gasteiger partial charge is 0.508 e. The van der Waals surface area contributed by atoms with Crippen LogP contribution in [0.5, 0.6) is 5.75 Å². The van der Waals surface area contributed by atoms with Crippen molar-refractivity contribution in [3.8, 4) is 5.75 Å². The Morgan fingerprint density at radius 1 is 0.795 bits per heavy atom. The molecule has 1 aromatic carbocycles. The molecule has 39 heavy (non-hydrogen) atoms. The number of aliphatic carboxylic acids is 2. The second kappa shape index (κ2) is 15.9. The first kappa shape index (κ1) is 32.8. The zero-order chi connectivity index (χ0) is 29.7. The maximum absolute atomic E-state index is 13.1. The van der Waals surface area contributed by atoms with Crippen molar-refractivity contribution in [2.24, 2.45) is 17.4 Å². The Bertz CT molecular complexity index is 1030. The second-order valence-corrected chi connectivity index (χ2v) is 9.57. The maximum atomic E-state index is 13.1.